The Balaban J connectivity index is 2.26. The van der Waals surface area contributed by atoms with Crippen molar-refractivity contribution in [2.75, 3.05) is 11.6 Å². The van der Waals surface area contributed by atoms with Gasteiger partial charge in [-0.25, -0.2) is 4.98 Å². The molecule has 5 heteroatoms. The topological polar surface area (TPSA) is 48.7 Å². The van der Waals surface area contributed by atoms with Crippen LogP contribution in [0.4, 0.5) is 11.5 Å². The summed E-state index contributed by atoms with van der Waals surface area (Å²) in [6.45, 7) is 0. The molecule has 0 saturated heterocycles. The lowest BCUT2D eigenvalue weighted by Gasteiger charge is -2.08. The maximum absolute atomic E-state index is 8.88. The molecule has 0 aliphatic heterocycles. The van der Waals surface area contributed by atoms with Crippen LogP contribution in [0.15, 0.2) is 41.4 Å². The molecule has 1 heterocycles. The molecule has 1 N–H and O–H groups in total. The zero-order valence-corrected chi connectivity index (χ0v) is 11.2. The highest BCUT2D eigenvalue weighted by Crippen LogP contribution is 2.26. The van der Waals surface area contributed by atoms with Gasteiger partial charge in [0.25, 0.3) is 0 Å². The third-order valence-corrected chi connectivity index (χ3v) is 3.49. The molecule has 0 bridgehead atoms. The Labute approximate surface area is 115 Å². The van der Waals surface area contributed by atoms with Crippen LogP contribution < -0.4 is 5.32 Å². The molecule has 0 fully saturated rings. The summed E-state index contributed by atoms with van der Waals surface area (Å²) in [4.78, 5) is 5.31. The first-order valence-electron chi connectivity index (χ1n) is 5.20. The van der Waals surface area contributed by atoms with Crippen LogP contribution in [-0.2, 0) is 0 Å². The van der Waals surface area contributed by atoms with Crippen molar-refractivity contribution in [3.63, 3.8) is 0 Å². The van der Waals surface area contributed by atoms with Crippen LogP contribution in [0.3, 0.4) is 0 Å². The predicted octanol–water partition coefficient (Wildman–Crippen LogP) is 4.07. The van der Waals surface area contributed by atoms with Crippen molar-refractivity contribution in [2.24, 2.45) is 0 Å². The van der Waals surface area contributed by atoms with E-state index in [-0.39, 0.29) is 0 Å². The Kier molecular flexibility index (Phi) is 4.08. The molecule has 3 nitrogen and oxygen atoms in total. The third-order valence-electron chi connectivity index (χ3n) is 2.36. The number of hydrogen-bond acceptors (Lipinski definition) is 4. The van der Waals surface area contributed by atoms with E-state index in [4.69, 9.17) is 16.9 Å². The highest BCUT2D eigenvalue weighted by Gasteiger charge is 2.07. The molecule has 1 aromatic carbocycles. The van der Waals surface area contributed by atoms with E-state index >= 15 is 0 Å². The SMILES string of the molecule is CSc1ccc(Nc2nccc(C#N)c2Cl)cc1. The first kappa shape index (κ1) is 12.7. The highest BCUT2D eigenvalue weighted by molar-refractivity contribution is 7.98. The second kappa shape index (κ2) is 5.76. The van der Waals surface area contributed by atoms with E-state index in [0.29, 0.717) is 16.4 Å². The maximum atomic E-state index is 8.88. The third kappa shape index (κ3) is 2.76. The summed E-state index contributed by atoms with van der Waals surface area (Å²) in [5, 5.41) is 12.3. The van der Waals surface area contributed by atoms with Crippen molar-refractivity contribution < 1.29 is 0 Å². The van der Waals surface area contributed by atoms with Gasteiger partial charge in [-0.05, 0) is 36.6 Å². The monoisotopic (exact) mass is 275 g/mol. The van der Waals surface area contributed by atoms with Crippen LogP contribution >= 0.6 is 23.4 Å². The molecule has 2 rings (SSSR count). The maximum Gasteiger partial charge on any atom is 0.150 e. The minimum absolute atomic E-state index is 0.342. The molecule has 2 aromatic rings. The highest BCUT2D eigenvalue weighted by atomic mass is 35.5. The molecular formula is C13H10ClN3S. The van der Waals surface area contributed by atoms with Crippen molar-refractivity contribution >= 4 is 34.9 Å². The van der Waals surface area contributed by atoms with E-state index in [2.05, 4.69) is 10.3 Å². The number of aromatic nitrogens is 1. The van der Waals surface area contributed by atoms with Gasteiger partial charge >= 0.3 is 0 Å². The number of nitrogens with zero attached hydrogens (tertiary/aromatic N) is 2. The molecule has 0 aliphatic rings. The molecule has 0 amide bonds. The van der Waals surface area contributed by atoms with Gasteiger partial charge in [0.1, 0.15) is 11.1 Å². The second-order valence-corrected chi connectivity index (χ2v) is 4.74. The summed E-state index contributed by atoms with van der Waals surface area (Å²) in [7, 11) is 0. The zero-order valence-electron chi connectivity index (χ0n) is 9.64. The molecular weight excluding hydrogens is 266 g/mol. The predicted molar refractivity (Wildman–Crippen MR) is 75.5 cm³/mol. The van der Waals surface area contributed by atoms with E-state index in [0.717, 1.165) is 5.69 Å². The van der Waals surface area contributed by atoms with Crippen molar-refractivity contribution in [2.45, 2.75) is 4.90 Å². The fourth-order valence-corrected chi connectivity index (χ4v) is 2.04. The van der Waals surface area contributed by atoms with E-state index in [1.807, 2.05) is 36.6 Å². The fraction of sp³-hybridized carbons (Fsp3) is 0.0769. The lowest BCUT2D eigenvalue weighted by Crippen LogP contribution is -1.95. The van der Waals surface area contributed by atoms with Crippen molar-refractivity contribution in [1.82, 2.24) is 4.98 Å². The molecule has 0 radical (unpaired) electrons. The Morgan fingerprint density at radius 1 is 1.28 bits per heavy atom. The molecule has 18 heavy (non-hydrogen) atoms. The Bertz CT molecular complexity index is 590. The average Bonchev–Trinajstić information content (AvgIpc) is 2.42. The van der Waals surface area contributed by atoms with Crippen LogP contribution in [0.2, 0.25) is 5.02 Å². The molecule has 0 saturated carbocycles. The van der Waals surface area contributed by atoms with E-state index in [1.54, 1.807) is 24.0 Å². The number of pyridine rings is 1. The van der Waals surface area contributed by atoms with Crippen LogP contribution in [0.25, 0.3) is 0 Å². The van der Waals surface area contributed by atoms with Crippen LogP contribution in [0, 0.1) is 11.3 Å². The van der Waals surface area contributed by atoms with Gasteiger partial charge in [0.05, 0.1) is 5.56 Å². The van der Waals surface area contributed by atoms with Crippen LogP contribution in [-0.4, -0.2) is 11.2 Å². The Morgan fingerprint density at radius 2 is 2.00 bits per heavy atom. The van der Waals surface area contributed by atoms with Gasteiger partial charge in [0, 0.05) is 16.8 Å². The van der Waals surface area contributed by atoms with E-state index < -0.39 is 0 Å². The summed E-state index contributed by atoms with van der Waals surface area (Å²) in [5.74, 6) is 0.493. The largest absolute Gasteiger partial charge is 0.339 e. The minimum Gasteiger partial charge on any atom is -0.339 e. The van der Waals surface area contributed by atoms with Gasteiger partial charge in [0.2, 0.25) is 0 Å². The Hall–Kier alpha value is -1.70. The summed E-state index contributed by atoms with van der Waals surface area (Å²) in [5.41, 5.74) is 1.30. The van der Waals surface area contributed by atoms with Gasteiger partial charge < -0.3 is 5.32 Å². The molecule has 90 valence electrons. The number of halogens is 1. The first-order valence-corrected chi connectivity index (χ1v) is 6.80. The van der Waals surface area contributed by atoms with E-state index in [9.17, 15) is 0 Å². The van der Waals surface area contributed by atoms with Crippen LogP contribution in [0.5, 0.6) is 0 Å². The van der Waals surface area contributed by atoms with Crippen molar-refractivity contribution in [3.05, 3.63) is 47.1 Å². The fourth-order valence-electron chi connectivity index (χ4n) is 1.43. The first-order chi connectivity index (χ1) is 8.74. The summed E-state index contributed by atoms with van der Waals surface area (Å²) >= 11 is 7.75. The zero-order chi connectivity index (χ0) is 13.0. The van der Waals surface area contributed by atoms with Gasteiger partial charge in [0.15, 0.2) is 5.82 Å². The Morgan fingerprint density at radius 3 is 2.61 bits per heavy atom. The normalized spacial score (nSPS) is 9.83. The lowest BCUT2D eigenvalue weighted by molar-refractivity contribution is 1.29. The molecule has 1 aromatic heterocycles. The lowest BCUT2D eigenvalue weighted by atomic mass is 10.2. The quantitative estimate of drug-likeness (QED) is 0.858. The smallest absolute Gasteiger partial charge is 0.150 e. The van der Waals surface area contributed by atoms with Crippen molar-refractivity contribution in [1.29, 1.82) is 5.26 Å². The van der Waals surface area contributed by atoms with Crippen LogP contribution in [0.1, 0.15) is 5.56 Å². The number of nitrogens with one attached hydrogen (secondary N) is 1. The average molecular weight is 276 g/mol. The number of nitriles is 1. The molecule has 0 aliphatic carbocycles. The number of hydrogen-bond donors (Lipinski definition) is 1. The second-order valence-electron chi connectivity index (χ2n) is 3.49. The van der Waals surface area contributed by atoms with Crippen molar-refractivity contribution in [3.8, 4) is 6.07 Å². The minimum atomic E-state index is 0.342. The van der Waals surface area contributed by atoms with Gasteiger partial charge in [-0.3, -0.25) is 0 Å². The number of rotatable bonds is 3. The standard InChI is InChI=1S/C13H10ClN3S/c1-18-11-4-2-10(3-5-11)17-13-12(14)9(8-15)6-7-16-13/h2-7H,1H3,(H,16,17). The number of benzene rings is 1. The summed E-state index contributed by atoms with van der Waals surface area (Å²) < 4.78 is 0. The summed E-state index contributed by atoms with van der Waals surface area (Å²) in [6, 6.07) is 11.5. The van der Waals surface area contributed by atoms with Gasteiger partial charge in [-0.2, -0.15) is 5.26 Å². The molecule has 0 atom stereocenters. The molecule has 0 unspecified atom stereocenters. The summed E-state index contributed by atoms with van der Waals surface area (Å²) in [6.07, 6.45) is 3.58. The number of anilines is 2. The van der Waals surface area contributed by atoms with Gasteiger partial charge in [-0.15, -0.1) is 11.8 Å². The van der Waals surface area contributed by atoms with E-state index in [1.165, 1.54) is 4.90 Å². The molecule has 0 spiro atoms. The number of thioether (sulfide) groups is 1. The van der Waals surface area contributed by atoms with Gasteiger partial charge in [-0.1, -0.05) is 11.6 Å².